The van der Waals surface area contributed by atoms with Crippen LogP contribution in [0.25, 0.3) is 0 Å². The predicted octanol–water partition coefficient (Wildman–Crippen LogP) is 2.30. The van der Waals surface area contributed by atoms with E-state index in [1.807, 2.05) is 6.92 Å². The number of alkyl halides is 3. The summed E-state index contributed by atoms with van der Waals surface area (Å²) < 4.78 is 27.6. The maximum absolute atomic E-state index is 11.5. The highest BCUT2D eigenvalue weighted by Gasteiger charge is 2.04. The van der Waals surface area contributed by atoms with Crippen LogP contribution in [0.2, 0.25) is 0 Å². The van der Waals surface area contributed by atoms with Gasteiger partial charge in [0.1, 0.15) is 6.61 Å². The molecule has 10 heavy (non-hydrogen) atoms. The van der Waals surface area contributed by atoms with E-state index in [0.29, 0.717) is 12.5 Å². The van der Waals surface area contributed by atoms with Gasteiger partial charge in [0.25, 0.3) is 6.43 Å². The van der Waals surface area contributed by atoms with Crippen molar-refractivity contribution in [3.8, 4) is 0 Å². The first-order valence-electron chi connectivity index (χ1n) is 3.08. The van der Waals surface area contributed by atoms with Crippen LogP contribution in [0.4, 0.5) is 8.78 Å². The standard InChI is InChI=1S/C6H11BrF2O/c1-5(2-7)3-10-4-6(8)9/h5-6H,2-4H2,1H3. The van der Waals surface area contributed by atoms with Crippen LogP contribution in [0.5, 0.6) is 0 Å². The van der Waals surface area contributed by atoms with Gasteiger partial charge in [0.2, 0.25) is 0 Å². The molecule has 0 aliphatic rings. The lowest BCUT2D eigenvalue weighted by Crippen LogP contribution is -2.11. The monoisotopic (exact) mass is 216 g/mol. The molecular formula is C6H11BrF2O. The van der Waals surface area contributed by atoms with Crippen molar-refractivity contribution in [3.05, 3.63) is 0 Å². The van der Waals surface area contributed by atoms with Crippen LogP contribution >= 0.6 is 15.9 Å². The topological polar surface area (TPSA) is 9.23 Å². The molecule has 0 aromatic heterocycles. The SMILES string of the molecule is CC(CBr)COCC(F)F. The van der Waals surface area contributed by atoms with Crippen molar-refractivity contribution in [2.75, 3.05) is 18.5 Å². The zero-order chi connectivity index (χ0) is 7.98. The van der Waals surface area contributed by atoms with Crippen LogP contribution in [0.3, 0.4) is 0 Å². The Labute approximate surface area is 67.9 Å². The number of hydrogen-bond donors (Lipinski definition) is 0. The quantitative estimate of drug-likeness (QED) is 0.642. The van der Waals surface area contributed by atoms with Crippen LogP contribution < -0.4 is 0 Å². The lowest BCUT2D eigenvalue weighted by Gasteiger charge is -2.07. The van der Waals surface area contributed by atoms with E-state index in [0.717, 1.165) is 5.33 Å². The summed E-state index contributed by atoms with van der Waals surface area (Å²) >= 11 is 3.21. The molecule has 0 spiro atoms. The second-order valence-corrected chi connectivity index (χ2v) is 2.84. The molecule has 0 heterocycles. The second kappa shape index (κ2) is 6.04. The Morgan fingerprint density at radius 1 is 1.40 bits per heavy atom. The van der Waals surface area contributed by atoms with Gasteiger partial charge in [-0.1, -0.05) is 22.9 Å². The van der Waals surface area contributed by atoms with Crippen molar-refractivity contribution in [2.24, 2.45) is 5.92 Å². The van der Waals surface area contributed by atoms with Crippen LogP contribution in [-0.4, -0.2) is 25.0 Å². The highest BCUT2D eigenvalue weighted by atomic mass is 79.9. The first-order valence-corrected chi connectivity index (χ1v) is 4.20. The summed E-state index contributed by atoms with van der Waals surface area (Å²) in [5, 5.41) is 0.788. The summed E-state index contributed by atoms with van der Waals surface area (Å²) in [6.45, 7) is 1.88. The van der Waals surface area contributed by atoms with Gasteiger partial charge in [0.05, 0.1) is 6.61 Å². The average molecular weight is 217 g/mol. The van der Waals surface area contributed by atoms with Gasteiger partial charge in [0.15, 0.2) is 0 Å². The summed E-state index contributed by atoms with van der Waals surface area (Å²) in [5.74, 6) is 0.304. The summed E-state index contributed by atoms with van der Waals surface area (Å²) in [4.78, 5) is 0. The Morgan fingerprint density at radius 2 is 2.00 bits per heavy atom. The van der Waals surface area contributed by atoms with Crippen molar-refractivity contribution in [1.29, 1.82) is 0 Å². The normalized spacial score (nSPS) is 14.1. The van der Waals surface area contributed by atoms with Gasteiger partial charge in [-0.15, -0.1) is 0 Å². The summed E-state index contributed by atoms with van der Waals surface area (Å²) in [6, 6.07) is 0. The van der Waals surface area contributed by atoms with Crippen LogP contribution in [0.1, 0.15) is 6.92 Å². The van der Waals surface area contributed by atoms with E-state index in [2.05, 4.69) is 20.7 Å². The molecule has 0 amide bonds. The van der Waals surface area contributed by atoms with E-state index < -0.39 is 13.0 Å². The molecule has 0 bridgehead atoms. The molecule has 0 fully saturated rings. The molecule has 0 aromatic rings. The third kappa shape index (κ3) is 6.42. The van der Waals surface area contributed by atoms with Crippen molar-refractivity contribution < 1.29 is 13.5 Å². The largest absolute Gasteiger partial charge is 0.375 e. The molecule has 0 saturated heterocycles. The van der Waals surface area contributed by atoms with E-state index in [9.17, 15) is 8.78 Å². The van der Waals surface area contributed by atoms with Crippen molar-refractivity contribution in [2.45, 2.75) is 13.3 Å². The van der Waals surface area contributed by atoms with E-state index in [1.54, 1.807) is 0 Å². The Hall–Kier alpha value is 0.300. The van der Waals surface area contributed by atoms with E-state index in [-0.39, 0.29) is 0 Å². The van der Waals surface area contributed by atoms with Gasteiger partial charge in [-0.25, -0.2) is 8.78 Å². The van der Waals surface area contributed by atoms with Crippen molar-refractivity contribution in [1.82, 2.24) is 0 Å². The maximum Gasteiger partial charge on any atom is 0.261 e. The van der Waals surface area contributed by atoms with Crippen molar-refractivity contribution >= 4 is 15.9 Å². The molecule has 1 unspecified atom stereocenters. The van der Waals surface area contributed by atoms with Gasteiger partial charge in [-0.2, -0.15) is 0 Å². The summed E-state index contributed by atoms with van der Waals surface area (Å²) in [7, 11) is 0. The van der Waals surface area contributed by atoms with Crippen LogP contribution in [0.15, 0.2) is 0 Å². The second-order valence-electron chi connectivity index (χ2n) is 2.19. The molecule has 0 aliphatic carbocycles. The van der Waals surface area contributed by atoms with Gasteiger partial charge in [-0.05, 0) is 5.92 Å². The number of ether oxygens (including phenoxy) is 1. The first-order chi connectivity index (χ1) is 4.66. The third-order valence-electron chi connectivity index (χ3n) is 0.910. The molecule has 62 valence electrons. The smallest absolute Gasteiger partial charge is 0.261 e. The minimum Gasteiger partial charge on any atom is -0.375 e. The van der Waals surface area contributed by atoms with Crippen LogP contribution in [-0.2, 0) is 4.74 Å². The minimum absolute atomic E-state index is 0.304. The lowest BCUT2D eigenvalue weighted by atomic mass is 10.2. The fourth-order valence-electron chi connectivity index (χ4n) is 0.403. The Bertz CT molecular complexity index is 80.1. The zero-order valence-corrected chi connectivity index (χ0v) is 7.40. The summed E-state index contributed by atoms with van der Waals surface area (Å²) in [5.41, 5.74) is 0. The maximum atomic E-state index is 11.5. The van der Waals surface area contributed by atoms with Gasteiger partial charge >= 0.3 is 0 Å². The van der Waals surface area contributed by atoms with E-state index in [1.165, 1.54) is 0 Å². The third-order valence-corrected chi connectivity index (χ3v) is 2.01. The number of halogens is 3. The molecule has 0 aliphatic heterocycles. The summed E-state index contributed by atoms with van der Waals surface area (Å²) in [6.07, 6.45) is -2.34. The average Bonchev–Trinajstić information content (AvgIpc) is 1.87. The molecule has 0 N–H and O–H groups in total. The van der Waals surface area contributed by atoms with Gasteiger partial charge in [-0.3, -0.25) is 0 Å². The zero-order valence-electron chi connectivity index (χ0n) is 5.82. The fraction of sp³-hybridized carbons (Fsp3) is 1.00. The fourth-order valence-corrected chi connectivity index (χ4v) is 0.590. The molecule has 0 aromatic carbocycles. The molecule has 0 rings (SSSR count). The highest BCUT2D eigenvalue weighted by Crippen LogP contribution is 2.01. The van der Waals surface area contributed by atoms with Crippen LogP contribution in [0, 0.1) is 5.92 Å². The highest BCUT2D eigenvalue weighted by molar-refractivity contribution is 9.09. The molecule has 1 nitrogen and oxygen atoms in total. The first kappa shape index (κ1) is 10.3. The predicted molar refractivity (Wildman–Crippen MR) is 39.8 cm³/mol. The van der Waals surface area contributed by atoms with Gasteiger partial charge < -0.3 is 4.74 Å². The van der Waals surface area contributed by atoms with E-state index >= 15 is 0 Å². The molecule has 4 heteroatoms. The Kier molecular flexibility index (Phi) is 6.22. The Balaban J connectivity index is 3.03. The molecular weight excluding hydrogens is 206 g/mol. The lowest BCUT2D eigenvalue weighted by molar-refractivity contribution is 0.00856. The minimum atomic E-state index is -2.34. The molecule has 0 radical (unpaired) electrons. The number of rotatable bonds is 5. The van der Waals surface area contributed by atoms with E-state index in [4.69, 9.17) is 0 Å². The molecule has 1 atom stereocenters. The molecule has 0 saturated carbocycles. The Morgan fingerprint density at radius 3 is 2.40 bits per heavy atom. The van der Waals surface area contributed by atoms with Gasteiger partial charge in [0, 0.05) is 5.33 Å². The van der Waals surface area contributed by atoms with Crippen molar-refractivity contribution in [3.63, 3.8) is 0 Å². The number of hydrogen-bond acceptors (Lipinski definition) is 1.